The molecule has 0 aliphatic heterocycles. The average molecular weight is 299 g/mol. The molecule has 3 rings (SSSR count). The van der Waals surface area contributed by atoms with E-state index in [1.165, 1.54) is 12.3 Å². The predicted octanol–water partition coefficient (Wildman–Crippen LogP) is 3.83. The van der Waals surface area contributed by atoms with Crippen LogP contribution in [0.5, 0.6) is 0 Å². The van der Waals surface area contributed by atoms with Crippen molar-refractivity contribution in [3.8, 4) is 11.4 Å². The van der Waals surface area contributed by atoms with Crippen LogP contribution in [-0.2, 0) is 6.42 Å². The van der Waals surface area contributed by atoms with Crippen molar-refractivity contribution in [2.75, 3.05) is 5.73 Å². The van der Waals surface area contributed by atoms with E-state index in [9.17, 15) is 4.39 Å². The fourth-order valence-corrected chi connectivity index (χ4v) is 3.07. The van der Waals surface area contributed by atoms with Gasteiger partial charge in [0.25, 0.3) is 0 Å². The standard InChI is InChI=1S/C16H14FN3S/c1-10-16(14-7-4-12(17)9-19-14)20-15(21-10)8-11-2-5-13(18)6-3-11/h2-7,9H,8,18H2,1H3. The van der Waals surface area contributed by atoms with Gasteiger partial charge in [-0.25, -0.2) is 9.37 Å². The lowest BCUT2D eigenvalue weighted by Crippen LogP contribution is -1.90. The molecule has 2 aromatic heterocycles. The highest BCUT2D eigenvalue weighted by Crippen LogP contribution is 2.27. The molecular weight excluding hydrogens is 285 g/mol. The molecule has 1 aromatic carbocycles. The Morgan fingerprint density at radius 1 is 1.14 bits per heavy atom. The molecule has 5 heteroatoms. The number of anilines is 1. The van der Waals surface area contributed by atoms with E-state index in [1.807, 2.05) is 31.2 Å². The van der Waals surface area contributed by atoms with Crippen LogP contribution >= 0.6 is 11.3 Å². The van der Waals surface area contributed by atoms with Crippen LogP contribution in [0.1, 0.15) is 15.4 Å². The minimum atomic E-state index is -0.339. The number of nitrogens with zero attached hydrogens (tertiary/aromatic N) is 2. The summed E-state index contributed by atoms with van der Waals surface area (Å²) in [4.78, 5) is 9.81. The fourth-order valence-electron chi connectivity index (χ4n) is 2.09. The zero-order chi connectivity index (χ0) is 14.8. The minimum Gasteiger partial charge on any atom is -0.399 e. The van der Waals surface area contributed by atoms with Crippen LogP contribution in [0.3, 0.4) is 0 Å². The molecule has 3 aromatic rings. The van der Waals surface area contributed by atoms with Crippen molar-refractivity contribution in [2.24, 2.45) is 0 Å². The van der Waals surface area contributed by atoms with Gasteiger partial charge in [0.15, 0.2) is 0 Å². The lowest BCUT2D eigenvalue weighted by Gasteiger charge is -1.99. The summed E-state index contributed by atoms with van der Waals surface area (Å²) in [6.45, 7) is 2.00. The highest BCUT2D eigenvalue weighted by Gasteiger charge is 2.11. The Kier molecular flexibility index (Phi) is 3.66. The fraction of sp³-hybridized carbons (Fsp3) is 0.125. The topological polar surface area (TPSA) is 51.8 Å². The molecule has 0 spiro atoms. The van der Waals surface area contributed by atoms with Gasteiger partial charge in [-0.2, -0.15) is 0 Å². The van der Waals surface area contributed by atoms with Crippen molar-refractivity contribution in [3.63, 3.8) is 0 Å². The summed E-state index contributed by atoms with van der Waals surface area (Å²) >= 11 is 1.64. The molecular formula is C16H14FN3S. The van der Waals surface area contributed by atoms with Gasteiger partial charge in [-0.05, 0) is 36.8 Å². The Bertz CT molecular complexity index is 748. The number of nitrogen functional groups attached to an aromatic ring is 1. The van der Waals surface area contributed by atoms with Gasteiger partial charge in [0.1, 0.15) is 11.5 Å². The minimum absolute atomic E-state index is 0.339. The molecule has 0 radical (unpaired) electrons. The third kappa shape index (κ3) is 3.08. The molecule has 0 atom stereocenters. The van der Waals surface area contributed by atoms with Crippen LogP contribution < -0.4 is 5.73 Å². The number of hydrogen-bond donors (Lipinski definition) is 1. The third-order valence-corrected chi connectivity index (χ3v) is 4.12. The zero-order valence-electron chi connectivity index (χ0n) is 11.5. The van der Waals surface area contributed by atoms with Crippen molar-refractivity contribution >= 4 is 17.0 Å². The van der Waals surface area contributed by atoms with Crippen molar-refractivity contribution in [1.29, 1.82) is 0 Å². The monoisotopic (exact) mass is 299 g/mol. The zero-order valence-corrected chi connectivity index (χ0v) is 12.3. The summed E-state index contributed by atoms with van der Waals surface area (Å²) in [6, 6.07) is 10.8. The quantitative estimate of drug-likeness (QED) is 0.748. The number of aromatic nitrogens is 2. The average Bonchev–Trinajstić information content (AvgIpc) is 2.83. The van der Waals surface area contributed by atoms with Gasteiger partial charge in [0, 0.05) is 17.0 Å². The highest BCUT2D eigenvalue weighted by molar-refractivity contribution is 7.12. The van der Waals surface area contributed by atoms with Crippen LogP contribution in [0.4, 0.5) is 10.1 Å². The lowest BCUT2D eigenvalue weighted by molar-refractivity contribution is 0.622. The van der Waals surface area contributed by atoms with Gasteiger partial charge in [0.2, 0.25) is 0 Å². The van der Waals surface area contributed by atoms with Crippen LogP contribution in [0.25, 0.3) is 11.4 Å². The van der Waals surface area contributed by atoms with E-state index in [1.54, 1.807) is 17.4 Å². The van der Waals surface area contributed by atoms with E-state index in [-0.39, 0.29) is 5.82 Å². The maximum atomic E-state index is 12.9. The first-order chi connectivity index (χ1) is 10.1. The van der Waals surface area contributed by atoms with Crippen molar-refractivity contribution in [2.45, 2.75) is 13.3 Å². The summed E-state index contributed by atoms with van der Waals surface area (Å²) in [5.41, 5.74) is 9.13. The largest absolute Gasteiger partial charge is 0.399 e. The molecule has 0 saturated heterocycles. The summed E-state index contributed by atoms with van der Waals surface area (Å²) in [6.07, 6.45) is 1.97. The van der Waals surface area contributed by atoms with Crippen molar-refractivity contribution in [1.82, 2.24) is 9.97 Å². The second-order valence-electron chi connectivity index (χ2n) is 4.79. The molecule has 106 valence electrons. The SMILES string of the molecule is Cc1sc(Cc2ccc(N)cc2)nc1-c1ccc(F)cn1. The maximum absolute atomic E-state index is 12.9. The molecule has 2 N–H and O–H groups in total. The summed E-state index contributed by atoms with van der Waals surface area (Å²) in [5.74, 6) is -0.339. The normalized spacial score (nSPS) is 10.8. The first kappa shape index (κ1) is 13.7. The molecule has 21 heavy (non-hydrogen) atoms. The summed E-state index contributed by atoms with van der Waals surface area (Å²) in [5, 5.41) is 1.01. The maximum Gasteiger partial charge on any atom is 0.141 e. The van der Waals surface area contributed by atoms with Gasteiger partial charge in [-0.3, -0.25) is 4.98 Å². The number of benzene rings is 1. The number of pyridine rings is 1. The number of nitrogens with two attached hydrogens (primary N) is 1. The molecule has 0 bridgehead atoms. The van der Waals surface area contributed by atoms with Crippen LogP contribution in [0.15, 0.2) is 42.6 Å². The van der Waals surface area contributed by atoms with Gasteiger partial charge in [0.05, 0.1) is 16.9 Å². The molecule has 3 nitrogen and oxygen atoms in total. The molecule has 0 unspecified atom stereocenters. The molecule has 2 heterocycles. The van der Waals surface area contributed by atoms with Gasteiger partial charge in [-0.1, -0.05) is 12.1 Å². The molecule has 0 aliphatic rings. The predicted molar refractivity (Wildman–Crippen MR) is 83.7 cm³/mol. The second kappa shape index (κ2) is 5.61. The number of aryl methyl sites for hydroxylation is 1. The van der Waals surface area contributed by atoms with Gasteiger partial charge >= 0.3 is 0 Å². The van der Waals surface area contributed by atoms with Crippen molar-refractivity contribution < 1.29 is 4.39 Å². The first-order valence-electron chi connectivity index (χ1n) is 6.54. The highest BCUT2D eigenvalue weighted by atomic mass is 32.1. The van der Waals surface area contributed by atoms with E-state index in [0.29, 0.717) is 5.69 Å². The number of hydrogen-bond acceptors (Lipinski definition) is 4. The van der Waals surface area contributed by atoms with Crippen LogP contribution in [0, 0.1) is 12.7 Å². The molecule has 0 aliphatic carbocycles. The summed E-state index contributed by atoms with van der Waals surface area (Å²) in [7, 11) is 0. The van der Waals surface area contributed by atoms with Gasteiger partial charge < -0.3 is 5.73 Å². The van der Waals surface area contributed by atoms with Gasteiger partial charge in [-0.15, -0.1) is 11.3 Å². The number of halogens is 1. The smallest absolute Gasteiger partial charge is 0.141 e. The van der Waals surface area contributed by atoms with Crippen LogP contribution in [-0.4, -0.2) is 9.97 Å². The Hall–Kier alpha value is -2.27. The molecule has 0 amide bonds. The van der Waals surface area contributed by atoms with Crippen LogP contribution in [0.2, 0.25) is 0 Å². The van der Waals surface area contributed by atoms with E-state index in [2.05, 4.69) is 9.97 Å². The van der Waals surface area contributed by atoms with E-state index in [4.69, 9.17) is 5.73 Å². The Labute approximate surface area is 126 Å². The Morgan fingerprint density at radius 2 is 1.90 bits per heavy atom. The number of thiazole rings is 1. The molecule has 0 fully saturated rings. The third-order valence-electron chi connectivity index (χ3n) is 3.15. The van der Waals surface area contributed by atoms with E-state index in [0.717, 1.165) is 33.3 Å². The van der Waals surface area contributed by atoms with Crippen molar-refractivity contribution in [3.05, 3.63) is 63.9 Å². The Morgan fingerprint density at radius 3 is 2.57 bits per heavy atom. The van der Waals surface area contributed by atoms with E-state index >= 15 is 0 Å². The summed E-state index contributed by atoms with van der Waals surface area (Å²) < 4.78 is 12.9. The lowest BCUT2D eigenvalue weighted by atomic mass is 10.1. The Balaban J connectivity index is 1.87. The molecule has 0 saturated carbocycles. The number of rotatable bonds is 3. The first-order valence-corrected chi connectivity index (χ1v) is 7.36. The van der Waals surface area contributed by atoms with E-state index < -0.39 is 0 Å². The second-order valence-corrected chi connectivity index (χ2v) is 6.08.